The molecule has 24 heavy (non-hydrogen) atoms. The normalized spacial score (nSPS) is 19.3. The van der Waals surface area contributed by atoms with E-state index in [0.717, 1.165) is 31.0 Å². The highest BCUT2D eigenvalue weighted by Gasteiger charge is 2.32. The number of aromatic nitrogens is 2. The number of rotatable bonds is 5. The summed E-state index contributed by atoms with van der Waals surface area (Å²) >= 11 is 1.68. The van der Waals surface area contributed by atoms with Gasteiger partial charge in [0, 0.05) is 12.4 Å². The number of imidazole rings is 1. The van der Waals surface area contributed by atoms with E-state index in [4.69, 9.17) is 4.74 Å². The summed E-state index contributed by atoms with van der Waals surface area (Å²) < 4.78 is 9.35. The summed E-state index contributed by atoms with van der Waals surface area (Å²) in [5.41, 5.74) is -0.0106. The van der Waals surface area contributed by atoms with Crippen LogP contribution in [0.25, 0.3) is 0 Å². The number of nitrogens with one attached hydrogen (secondary N) is 1. The van der Waals surface area contributed by atoms with Crippen molar-refractivity contribution in [2.45, 2.75) is 70.3 Å². The van der Waals surface area contributed by atoms with E-state index in [9.17, 15) is 4.79 Å². The van der Waals surface area contributed by atoms with Crippen LogP contribution >= 0.6 is 11.8 Å². The molecule has 1 saturated heterocycles. The zero-order valence-corrected chi connectivity index (χ0v) is 16.7. The van der Waals surface area contributed by atoms with Gasteiger partial charge in [0.1, 0.15) is 5.54 Å². The van der Waals surface area contributed by atoms with Crippen molar-refractivity contribution in [3.8, 4) is 0 Å². The summed E-state index contributed by atoms with van der Waals surface area (Å²) in [6.45, 7) is 11.2. The molecule has 1 unspecified atom stereocenters. The van der Waals surface area contributed by atoms with E-state index in [2.05, 4.69) is 30.7 Å². The predicted molar refractivity (Wildman–Crippen MR) is 99.4 cm³/mol. The first-order chi connectivity index (χ1) is 11.1. The Balaban J connectivity index is 1.96. The van der Waals surface area contributed by atoms with Crippen molar-refractivity contribution >= 4 is 23.5 Å². The fourth-order valence-electron chi connectivity index (χ4n) is 2.56. The van der Waals surface area contributed by atoms with Gasteiger partial charge in [-0.25, -0.2) is 9.13 Å². The van der Waals surface area contributed by atoms with Gasteiger partial charge in [-0.3, -0.25) is 10.1 Å². The molecule has 0 saturated carbocycles. The Kier molecular flexibility index (Phi) is 6.02. The first kappa shape index (κ1) is 19.3. The molecule has 1 aromatic rings. The molecule has 5 nitrogen and oxygen atoms in total. The summed E-state index contributed by atoms with van der Waals surface area (Å²) in [6, 6.07) is 0. The molecule has 1 aliphatic rings. The van der Waals surface area contributed by atoms with Crippen LogP contribution in [0.2, 0.25) is 0 Å². The molecule has 1 atom stereocenters. The highest BCUT2D eigenvalue weighted by Crippen LogP contribution is 2.29. The smallest absolute Gasteiger partial charge is 0.245 e. The predicted octanol–water partition coefficient (Wildman–Crippen LogP) is 3.09. The van der Waals surface area contributed by atoms with E-state index in [1.807, 2.05) is 38.0 Å². The van der Waals surface area contributed by atoms with Crippen molar-refractivity contribution in [2.75, 3.05) is 17.7 Å². The Morgan fingerprint density at radius 2 is 2.08 bits per heavy atom. The van der Waals surface area contributed by atoms with Crippen molar-refractivity contribution in [3.05, 3.63) is 12.5 Å². The van der Waals surface area contributed by atoms with E-state index < -0.39 is 4.75 Å². The van der Waals surface area contributed by atoms with Crippen LogP contribution < -0.4 is 9.88 Å². The zero-order chi connectivity index (χ0) is 18.0. The van der Waals surface area contributed by atoms with Gasteiger partial charge in [0.15, 0.2) is 6.20 Å². The Labute approximate surface area is 150 Å². The number of hydrogen-bond donors (Lipinski definition) is 1. The average molecular weight is 355 g/mol. The van der Waals surface area contributed by atoms with Crippen LogP contribution in [-0.4, -0.2) is 33.7 Å². The molecular weight excluding hydrogens is 322 g/mol. The van der Waals surface area contributed by atoms with Crippen molar-refractivity contribution in [1.29, 1.82) is 0 Å². The molecule has 0 bridgehead atoms. The summed E-state index contributed by atoms with van der Waals surface area (Å²) in [6.07, 6.45) is 7.78. The minimum atomic E-state index is -0.488. The van der Waals surface area contributed by atoms with E-state index in [1.54, 1.807) is 11.8 Å². The quantitative estimate of drug-likeness (QED) is 0.827. The third kappa shape index (κ3) is 4.99. The van der Waals surface area contributed by atoms with Gasteiger partial charge in [0.2, 0.25) is 18.1 Å². The van der Waals surface area contributed by atoms with Gasteiger partial charge in [-0.15, -0.1) is 11.8 Å². The second-order valence-corrected chi connectivity index (χ2v) is 9.73. The second kappa shape index (κ2) is 7.48. The SMILES string of the molecule is Cn1c[n+](C(C)(C)C)cc1NC(=O)C(C)(C)SCC1CCCCO1. The molecule has 1 aliphatic heterocycles. The topological polar surface area (TPSA) is 47.1 Å². The number of thioether (sulfide) groups is 1. The number of aryl methyl sites for hydroxylation is 1. The lowest BCUT2D eigenvalue weighted by Crippen LogP contribution is -2.48. The number of amides is 1. The Bertz CT molecular complexity index is 569. The molecule has 1 N–H and O–H groups in total. The zero-order valence-electron chi connectivity index (χ0n) is 15.9. The summed E-state index contributed by atoms with van der Waals surface area (Å²) in [7, 11) is 1.95. The molecule has 1 fully saturated rings. The first-order valence-electron chi connectivity index (χ1n) is 8.75. The fourth-order valence-corrected chi connectivity index (χ4v) is 3.61. The molecule has 2 rings (SSSR count). The van der Waals surface area contributed by atoms with Gasteiger partial charge >= 0.3 is 0 Å². The van der Waals surface area contributed by atoms with Crippen LogP contribution in [-0.2, 0) is 22.1 Å². The number of carbonyl (C=O) groups excluding carboxylic acids is 1. The van der Waals surface area contributed by atoms with Crippen LogP contribution in [0.4, 0.5) is 5.82 Å². The monoisotopic (exact) mass is 354 g/mol. The summed E-state index contributed by atoms with van der Waals surface area (Å²) in [5.74, 6) is 1.72. The first-order valence-corrected chi connectivity index (χ1v) is 9.73. The number of hydrogen-bond acceptors (Lipinski definition) is 3. The third-order valence-corrected chi connectivity index (χ3v) is 5.85. The molecule has 136 valence electrons. The maximum Gasteiger partial charge on any atom is 0.245 e. The lowest BCUT2D eigenvalue weighted by atomic mass is 10.1. The Morgan fingerprint density at radius 3 is 2.62 bits per heavy atom. The largest absolute Gasteiger partial charge is 0.377 e. The van der Waals surface area contributed by atoms with Crippen LogP contribution in [0.15, 0.2) is 12.5 Å². The van der Waals surface area contributed by atoms with Crippen LogP contribution in [0, 0.1) is 0 Å². The van der Waals surface area contributed by atoms with E-state index in [-0.39, 0.29) is 17.6 Å². The van der Waals surface area contributed by atoms with Gasteiger partial charge < -0.3 is 4.74 Å². The number of ether oxygens (including phenoxy) is 1. The van der Waals surface area contributed by atoms with Crippen LogP contribution in [0.3, 0.4) is 0 Å². The van der Waals surface area contributed by atoms with Gasteiger partial charge in [0.25, 0.3) is 0 Å². The molecule has 1 amide bonds. The summed E-state index contributed by atoms with van der Waals surface area (Å²) in [4.78, 5) is 12.7. The minimum Gasteiger partial charge on any atom is -0.377 e. The molecular formula is C18H32N3O2S+. The maximum atomic E-state index is 12.7. The molecule has 0 aliphatic carbocycles. The molecule has 6 heteroatoms. The van der Waals surface area contributed by atoms with Crippen LogP contribution in [0.1, 0.15) is 53.9 Å². The van der Waals surface area contributed by atoms with E-state index >= 15 is 0 Å². The van der Waals surface area contributed by atoms with Crippen molar-refractivity contribution in [1.82, 2.24) is 4.57 Å². The summed E-state index contributed by atoms with van der Waals surface area (Å²) in [5, 5.41) is 3.07. The Morgan fingerprint density at radius 1 is 1.38 bits per heavy atom. The third-order valence-electron chi connectivity index (χ3n) is 4.41. The number of anilines is 1. The van der Waals surface area contributed by atoms with E-state index in [1.165, 1.54) is 6.42 Å². The molecule has 2 heterocycles. The van der Waals surface area contributed by atoms with Gasteiger partial charge in [-0.2, -0.15) is 0 Å². The van der Waals surface area contributed by atoms with E-state index in [0.29, 0.717) is 0 Å². The highest BCUT2D eigenvalue weighted by molar-refractivity contribution is 8.01. The van der Waals surface area contributed by atoms with Crippen molar-refractivity contribution in [3.63, 3.8) is 0 Å². The van der Waals surface area contributed by atoms with Crippen molar-refractivity contribution in [2.24, 2.45) is 7.05 Å². The second-order valence-electron chi connectivity index (χ2n) is 8.08. The minimum absolute atomic E-state index is 0.0106. The average Bonchev–Trinajstić information content (AvgIpc) is 2.88. The molecule has 1 aromatic heterocycles. The lowest BCUT2D eigenvalue weighted by molar-refractivity contribution is -0.753. The van der Waals surface area contributed by atoms with Crippen molar-refractivity contribution < 1.29 is 14.1 Å². The molecule has 0 aromatic carbocycles. The highest BCUT2D eigenvalue weighted by atomic mass is 32.2. The van der Waals surface area contributed by atoms with Crippen LogP contribution in [0.5, 0.6) is 0 Å². The molecule has 0 spiro atoms. The number of carbonyl (C=O) groups is 1. The Hall–Kier alpha value is -1.01. The maximum absolute atomic E-state index is 12.7. The van der Waals surface area contributed by atoms with Gasteiger partial charge in [0.05, 0.1) is 17.9 Å². The van der Waals surface area contributed by atoms with Gasteiger partial charge in [-0.1, -0.05) is 0 Å². The standard InChI is InChI=1S/C18H31N3O2S/c1-17(2,3)21-11-15(20(6)13-21)19-16(22)18(4,5)24-12-14-9-7-8-10-23-14/h11,13-14H,7-10,12H2,1-6H3/p+1. The number of nitrogens with zero attached hydrogens (tertiary/aromatic N) is 2. The molecule has 0 radical (unpaired) electrons. The van der Waals surface area contributed by atoms with Gasteiger partial charge in [-0.05, 0) is 53.9 Å². The fraction of sp³-hybridized carbons (Fsp3) is 0.778. The lowest BCUT2D eigenvalue weighted by Gasteiger charge is -2.27.